The van der Waals surface area contributed by atoms with Crippen LogP contribution >= 0.6 is 0 Å². The van der Waals surface area contributed by atoms with Crippen LogP contribution in [0.15, 0.2) is 42.5 Å². The SMILES string of the molecule is C#CCOc1ccc(CCC(=O)NCc2ccc(C)cc2)cc1OC(C)=O. The van der Waals surface area contributed by atoms with Crippen molar-refractivity contribution in [3.63, 3.8) is 0 Å². The third-order valence-electron chi connectivity index (χ3n) is 3.82. The fraction of sp³-hybridized carbons (Fsp3) is 0.273. The molecule has 5 heteroatoms. The first-order chi connectivity index (χ1) is 13.0. The molecule has 0 aliphatic rings. The van der Waals surface area contributed by atoms with Crippen LogP contribution in [0.4, 0.5) is 0 Å². The van der Waals surface area contributed by atoms with Crippen LogP contribution in [0.25, 0.3) is 0 Å². The molecule has 0 aliphatic carbocycles. The van der Waals surface area contributed by atoms with Gasteiger partial charge in [0.05, 0.1) is 0 Å². The van der Waals surface area contributed by atoms with Crippen molar-refractivity contribution in [2.75, 3.05) is 6.61 Å². The Bertz CT molecular complexity index is 834. The van der Waals surface area contributed by atoms with Gasteiger partial charge in [0.1, 0.15) is 6.61 Å². The van der Waals surface area contributed by atoms with Crippen LogP contribution in [0.3, 0.4) is 0 Å². The van der Waals surface area contributed by atoms with E-state index in [1.807, 2.05) is 37.3 Å². The van der Waals surface area contributed by atoms with Crippen LogP contribution in [0, 0.1) is 19.3 Å². The van der Waals surface area contributed by atoms with E-state index in [0.717, 1.165) is 11.1 Å². The number of benzene rings is 2. The molecule has 0 aliphatic heterocycles. The third kappa shape index (κ3) is 6.87. The average molecular weight is 365 g/mol. The van der Waals surface area contributed by atoms with Crippen LogP contribution in [-0.2, 0) is 22.6 Å². The Kier molecular flexibility index (Phi) is 7.45. The van der Waals surface area contributed by atoms with Gasteiger partial charge in [-0.2, -0.15) is 0 Å². The Balaban J connectivity index is 1.91. The van der Waals surface area contributed by atoms with E-state index < -0.39 is 5.97 Å². The molecule has 5 nitrogen and oxygen atoms in total. The highest BCUT2D eigenvalue weighted by Gasteiger charge is 2.10. The first-order valence-electron chi connectivity index (χ1n) is 8.68. The van der Waals surface area contributed by atoms with E-state index in [1.54, 1.807) is 12.1 Å². The maximum atomic E-state index is 12.1. The summed E-state index contributed by atoms with van der Waals surface area (Å²) in [6.45, 7) is 3.91. The van der Waals surface area contributed by atoms with Gasteiger partial charge in [0.2, 0.25) is 5.91 Å². The zero-order valence-corrected chi connectivity index (χ0v) is 15.6. The van der Waals surface area contributed by atoms with E-state index in [2.05, 4.69) is 11.2 Å². The molecule has 0 unspecified atom stereocenters. The van der Waals surface area contributed by atoms with E-state index in [0.29, 0.717) is 30.9 Å². The van der Waals surface area contributed by atoms with Crippen LogP contribution < -0.4 is 14.8 Å². The second-order valence-electron chi connectivity index (χ2n) is 6.13. The lowest BCUT2D eigenvalue weighted by Gasteiger charge is -2.11. The summed E-state index contributed by atoms with van der Waals surface area (Å²) in [5.74, 6) is 2.57. The molecule has 0 heterocycles. The molecule has 0 spiro atoms. The zero-order valence-electron chi connectivity index (χ0n) is 15.6. The summed E-state index contributed by atoms with van der Waals surface area (Å²) in [5, 5.41) is 2.90. The summed E-state index contributed by atoms with van der Waals surface area (Å²) in [6, 6.07) is 13.2. The van der Waals surface area contributed by atoms with Crippen molar-refractivity contribution in [2.45, 2.75) is 33.2 Å². The van der Waals surface area contributed by atoms with Crippen molar-refractivity contribution in [1.29, 1.82) is 0 Å². The minimum absolute atomic E-state index is 0.0442. The lowest BCUT2D eigenvalue weighted by molar-refractivity contribution is -0.132. The Morgan fingerprint density at radius 2 is 1.78 bits per heavy atom. The van der Waals surface area contributed by atoms with Gasteiger partial charge in [-0.25, -0.2) is 0 Å². The third-order valence-corrected chi connectivity index (χ3v) is 3.82. The minimum atomic E-state index is -0.450. The lowest BCUT2D eigenvalue weighted by Crippen LogP contribution is -2.23. The fourth-order valence-electron chi connectivity index (χ4n) is 2.43. The second-order valence-corrected chi connectivity index (χ2v) is 6.13. The Morgan fingerprint density at radius 3 is 2.44 bits per heavy atom. The average Bonchev–Trinajstić information content (AvgIpc) is 2.64. The molecule has 27 heavy (non-hydrogen) atoms. The summed E-state index contributed by atoms with van der Waals surface area (Å²) in [5.41, 5.74) is 3.11. The van der Waals surface area contributed by atoms with Crippen LogP contribution in [0.1, 0.15) is 30.0 Å². The van der Waals surface area contributed by atoms with Crippen molar-refractivity contribution in [1.82, 2.24) is 5.32 Å². The summed E-state index contributed by atoms with van der Waals surface area (Å²) in [7, 11) is 0. The normalized spacial score (nSPS) is 9.96. The van der Waals surface area contributed by atoms with E-state index in [-0.39, 0.29) is 12.5 Å². The highest BCUT2D eigenvalue weighted by Crippen LogP contribution is 2.29. The predicted octanol–water partition coefficient (Wildman–Crippen LogP) is 3.18. The molecular formula is C22H23NO4. The molecule has 0 aromatic heterocycles. The Hall–Kier alpha value is -3.26. The molecule has 1 N–H and O–H groups in total. The molecule has 0 fully saturated rings. The number of hydrogen-bond acceptors (Lipinski definition) is 4. The minimum Gasteiger partial charge on any atom is -0.477 e. The molecule has 2 aromatic carbocycles. The van der Waals surface area contributed by atoms with E-state index in [1.165, 1.54) is 12.5 Å². The van der Waals surface area contributed by atoms with Crippen molar-refractivity contribution in [3.05, 3.63) is 59.2 Å². The number of hydrogen-bond donors (Lipinski definition) is 1. The number of amides is 1. The van der Waals surface area contributed by atoms with Gasteiger partial charge in [0.15, 0.2) is 11.5 Å². The van der Waals surface area contributed by atoms with Gasteiger partial charge < -0.3 is 14.8 Å². The summed E-state index contributed by atoms with van der Waals surface area (Å²) in [6.07, 6.45) is 6.04. The molecule has 0 saturated heterocycles. The molecule has 2 rings (SSSR count). The molecule has 0 bridgehead atoms. The summed E-state index contributed by atoms with van der Waals surface area (Å²) >= 11 is 0. The first kappa shape index (κ1) is 20.1. The highest BCUT2D eigenvalue weighted by atomic mass is 16.6. The van der Waals surface area contributed by atoms with E-state index in [9.17, 15) is 9.59 Å². The summed E-state index contributed by atoms with van der Waals surface area (Å²) in [4.78, 5) is 23.4. The first-order valence-corrected chi connectivity index (χ1v) is 8.68. The van der Waals surface area contributed by atoms with Crippen molar-refractivity contribution >= 4 is 11.9 Å². The number of terminal acetylenes is 1. The monoisotopic (exact) mass is 365 g/mol. The number of nitrogens with one attached hydrogen (secondary N) is 1. The van der Waals surface area contributed by atoms with Crippen LogP contribution in [0.5, 0.6) is 11.5 Å². The molecule has 2 aromatic rings. The molecule has 1 amide bonds. The quantitative estimate of drug-likeness (QED) is 0.443. The summed E-state index contributed by atoms with van der Waals surface area (Å²) < 4.78 is 10.5. The maximum absolute atomic E-state index is 12.1. The molecule has 0 radical (unpaired) electrons. The van der Waals surface area contributed by atoms with Gasteiger partial charge in [0.25, 0.3) is 0 Å². The number of rotatable bonds is 8. The van der Waals surface area contributed by atoms with Crippen molar-refractivity contribution < 1.29 is 19.1 Å². The number of aryl methyl sites for hydroxylation is 2. The Labute approximate surface area is 159 Å². The number of carbonyl (C=O) groups excluding carboxylic acids is 2. The topological polar surface area (TPSA) is 64.6 Å². The number of carbonyl (C=O) groups is 2. The van der Waals surface area contributed by atoms with Gasteiger partial charge in [-0.3, -0.25) is 9.59 Å². The zero-order chi connectivity index (χ0) is 19.6. The molecular weight excluding hydrogens is 342 g/mol. The lowest BCUT2D eigenvalue weighted by atomic mass is 10.1. The van der Waals surface area contributed by atoms with Crippen molar-refractivity contribution in [2.24, 2.45) is 0 Å². The number of ether oxygens (including phenoxy) is 2. The standard InChI is InChI=1S/C22H23NO4/c1-4-13-26-20-11-9-18(14-21(20)27-17(3)24)10-12-22(25)23-15-19-7-5-16(2)6-8-19/h1,5-9,11,14H,10,12-13,15H2,2-3H3,(H,23,25). The van der Waals surface area contributed by atoms with Crippen molar-refractivity contribution in [3.8, 4) is 23.8 Å². The van der Waals surface area contributed by atoms with E-state index in [4.69, 9.17) is 15.9 Å². The predicted molar refractivity (Wildman–Crippen MR) is 103 cm³/mol. The Morgan fingerprint density at radius 1 is 1.07 bits per heavy atom. The van der Waals surface area contributed by atoms with Gasteiger partial charge in [-0.1, -0.05) is 41.8 Å². The van der Waals surface area contributed by atoms with Crippen LogP contribution in [-0.4, -0.2) is 18.5 Å². The maximum Gasteiger partial charge on any atom is 0.308 e. The van der Waals surface area contributed by atoms with Crippen LogP contribution in [0.2, 0.25) is 0 Å². The van der Waals surface area contributed by atoms with Gasteiger partial charge in [-0.05, 0) is 36.6 Å². The van der Waals surface area contributed by atoms with Gasteiger partial charge in [0, 0.05) is 19.9 Å². The number of esters is 1. The smallest absolute Gasteiger partial charge is 0.308 e. The fourth-order valence-corrected chi connectivity index (χ4v) is 2.43. The van der Waals surface area contributed by atoms with Gasteiger partial charge >= 0.3 is 5.97 Å². The molecule has 0 atom stereocenters. The second kappa shape index (κ2) is 10.0. The van der Waals surface area contributed by atoms with E-state index >= 15 is 0 Å². The van der Waals surface area contributed by atoms with Gasteiger partial charge in [-0.15, -0.1) is 6.42 Å². The molecule has 140 valence electrons. The molecule has 0 saturated carbocycles. The largest absolute Gasteiger partial charge is 0.477 e. The highest BCUT2D eigenvalue weighted by molar-refractivity contribution is 5.76.